The van der Waals surface area contributed by atoms with Gasteiger partial charge in [-0.1, -0.05) is 18.2 Å². The normalized spacial score (nSPS) is 9.97. The van der Waals surface area contributed by atoms with Gasteiger partial charge in [0.15, 0.2) is 5.11 Å². The molecule has 10 nitrogen and oxygen atoms in total. The fraction of sp³-hybridized carbons (Fsp3) is 0.227. The minimum atomic E-state index is -0.530. The lowest BCUT2D eigenvalue weighted by Gasteiger charge is -2.11. The number of esters is 1. The van der Waals surface area contributed by atoms with Crippen molar-refractivity contribution in [2.75, 3.05) is 25.6 Å². The summed E-state index contributed by atoms with van der Waals surface area (Å²) in [5, 5.41) is 4.95. The number of ether oxygens (including phenoxy) is 2. The first-order valence-corrected chi connectivity index (χ1v) is 10.3. The summed E-state index contributed by atoms with van der Waals surface area (Å²) in [7, 11) is 1.48. The lowest BCUT2D eigenvalue weighted by molar-refractivity contribution is -0.146. The molecule has 0 bridgehead atoms. The predicted molar refractivity (Wildman–Crippen MR) is 124 cm³/mol. The number of hydrogen-bond donors (Lipinski definition) is 4. The van der Waals surface area contributed by atoms with E-state index in [0.29, 0.717) is 16.8 Å². The molecule has 0 unspecified atom stereocenters. The molecule has 0 saturated heterocycles. The van der Waals surface area contributed by atoms with Gasteiger partial charge < -0.3 is 20.1 Å². The maximum absolute atomic E-state index is 12.2. The van der Waals surface area contributed by atoms with E-state index in [1.165, 1.54) is 19.2 Å². The van der Waals surface area contributed by atoms with Crippen LogP contribution < -0.4 is 21.5 Å². The van der Waals surface area contributed by atoms with E-state index in [1.807, 2.05) is 6.07 Å². The van der Waals surface area contributed by atoms with Gasteiger partial charge in [0.2, 0.25) is 5.91 Å². The van der Waals surface area contributed by atoms with Gasteiger partial charge in [-0.25, -0.2) is 0 Å². The molecule has 0 aromatic heterocycles. The third kappa shape index (κ3) is 9.46. The van der Waals surface area contributed by atoms with Crippen LogP contribution in [0.2, 0.25) is 0 Å². The number of benzene rings is 2. The molecule has 0 aliphatic carbocycles. The molecule has 2 rings (SSSR count). The zero-order chi connectivity index (χ0) is 24.1. The first kappa shape index (κ1) is 25.4. The van der Waals surface area contributed by atoms with E-state index in [9.17, 15) is 19.2 Å². The van der Waals surface area contributed by atoms with Gasteiger partial charge in [-0.15, -0.1) is 0 Å². The standard InChI is InChI=1S/C22H24N4O6S/c1-31-13-14-32-19(28)12-11-18(27)24-22(33)26-25-21(30)16-7-9-17(10-8-16)23-20(29)15-5-3-2-4-6-15/h2-10H,11-14H2,1H3,(H,23,29)(H,25,30)(H2,24,26,27,33). The van der Waals surface area contributed by atoms with Gasteiger partial charge in [-0.3, -0.25) is 30.0 Å². The van der Waals surface area contributed by atoms with Crippen LogP contribution in [0.15, 0.2) is 54.6 Å². The van der Waals surface area contributed by atoms with Crippen molar-refractivity contribution in [3.05, 3.63) is 65.7 Å². The molecule has 3 amide bonds. The molecule has 174 valence electrons. The minimum absolute atomic E-state index is 0.113. The van der Waals surface area contributed by atoms with E-state index < -0.39 is 17.8 Å². The van der Waals surface area contributed by atoms with Crippen LogP contribution in [0.25, 0.3) is 0 Å². The molecule has 4 N–H and O–H groups in total. The van der Waals surface area contributed by atoms with E-state index in [4.69, 9.17) is 21.7 Å². The Bertz CT molecular complexity index is 982. The van der Waals surface area contributed by atoms with E-state index in [2.05, 4.69) is 21.5 Å². The molecule has 33 heavy (non-hydrogen) atoms. The van der Waals surface area contributed by atoms with Crippen molar-refractivity contribution in [2.24, 2.45) is 0 Å². The largest absolute Gasteiger partial charge is 0.463 e. The number of carbonyl (C=O) groups excluding carboxylic acids is 4. The first-order chi connectivity index (χ1) is 15.9. The molecule has 0 fully saturated rings. The number of amides is 3. The highest BCUT2D eigenvalue weighted by Crippen LogP contribution is 2.11. The Morgan fingerprint density at radius 3 is 2.15 bits per heavy atom. The Balaban J connectivity index is 1.71. The van der Waals surface area contributed by atoms with E-state index in [1.54, 1.807) is 36.4 Å². The smallest absolute Gasteiger partial charge is 0.306 e. The second kappa shape index (κ2) is 13.6. The highest BCUT2D eigenvalue weighted by atomic mass is 32.1. The summed E-state index contributed by atoms with van der Waals surface area (Å²) < 4.78 is 9.60. The average molecular weight is 473 g/mol. The van der Waals surface area contributed by atoms with E-state index in [0.717, 1.165) is 0 Å². The Morgan fingerprint density at radius 2 is 1.48 bits per heavy atom. The molecule has 0 spiro atoms. The van der Waals surface area contributed by atoms with Gasteiger partial charge in [0.05, 0.1) is 13.0 Å². The number of methoxy groups -OCH3 is 1. The first-order valence-electron chi connectivity index (χ1n) is 9.90. The molecular weight excluding hydrogens is 448 g/mol. The highest BCUT2D eigenvalue weighted by Gasteiger charge is 2.11. The number of thiocarbonyl (C=S) groups is 1. The van der Waals surface area contributed by atoms with Crippen molar-refractivity contribution >= 4 is 46.7 Å². The number of rotatable bonds is 9. The summed E-state index contributed by atoms with van der Waals surface area (Å²) >= 11 is 4.94. The lowest BCUT2D eigenvalue weighted by atomic mass is 10.2. The Hall–Kier alpha value is -3.83. The van der Waals surface area contributed by atoms with Crippen LogP contribution in [-0.2, 0) is 19.1 Å². The Kier molecular flexibility index (Phi) is 10.4. The van der Waals surface area contributed by atoms with Crippen LogP contribution in [0.1, 0.15) is 33.6 Å². The summed E-state index contributed by atoms with van der Waals surface area (Å²) in [5.41, 5.74) is 6.10. The van der Waals surface area contributed by atoms with Gasteiger partial charge >= 0.3 is 5.97 Å². The summed E-state index contributed by atoms with van der Waals surface area (Å²) in [6, 6.07) is 14.9. The van der Waals surface area contributed by atoms with E-state index >= 15 is 0 Å². The average Bonchev–Trinajstić information content (AvgIpc) is 2.82. The third-order valence-corrected chi connectivity index (χ3v) is 4.29. The molecule has 0 saturated carbocycles. The molecule has 2 aromatic rings. The molecule has 0 aliphatic heterocycles. The van der Waals surface area contributed by atoms with Crippen LogP contribution in [-0.4, -0.2) is 49.1 Å². The fourth-order valence-corrected chi connectivity index (χ4v) is 2.60. The SMILES string of the molecule is COCCOC(=O)CCC(=O)NC(=S)NNC(=O)c1ccc(NC(=O)c2ccccc2)cc1. The van der Waals surface area contributed by atoms with Crippen molar-refractivity contribution in [3.8, 4) is 0 Å². The predicted octanol–water partition coefficient (Wildman–Crippen LogP) is 1.54. The van der Waals surface area contributed by atoms with Crippen LogP contribution in [0.5, 0.6) is 0 Å². The molecular formula is C22H24N4O6S. The number of nitrogens with one attached hydrogen (secondary N) is 4. The third-order valence-electron chi connectivity index (χ3n) is 4.09. The zero-order valence-corrected chi connectivity index (χ0v) is 18.7. The summed E-state index contributed by atoms with van der Waals surface area (Å²) in [6.07, 6.45) is -0.241. The molecule has 0 radical (unpaired) electrons. The zero-order valence-electron chi connectivity index (χ0n) is 17.9. The second-order valence-corrected chi connectivity index (χ2v) is 6.98. The van der Waals surface area contributed by atoms with Crippen molar-refractivity contribution in [1.82, 2.24) is 16.2 Å². The Morgan fingerprint density at radius 1 is 0.818 bits per heavy atom. The Labute approximate surface area is 196 Å². The van der Waals surface area contributed by atoms with Crippen molar-refractivity contribution in [2.45, 2.75) is 12.8 Å². The second-order valence-electron chi connectivity index (χ2n) is 6.57. The van der Waals surface area contributed by atoms with Crippen LogP contribution >= 0.6 is 12.2 Å². The number of hydrazine groups is 1. The minimum Gasteiger partial charge on any atom is -0.463 e. The quantitative estimate of drug-likeness (QED) is 0.187. The van der Waals surface area contributed by atoms with Gasteiger partial charge in [0.1, 0.15) is 6.61 Å². The number of hydrogen-bond acceptors (Lipinski definition) is 7. The van der Waals surface area contributed by atoms with E-state index in [-0.39, 0.29) is 37.1 Å². The topological polar surface area (TPSA) is 135 Å². The van der Waals surface area contributed by atoms with Crippen molar-refractivity contribution in [1.29, 1.82) is 0 Å². The highest BCUT2D eigenvalue weighted by molar-refractivity contribution is 7.80. The van der Waals surface area contributed by atoms with Crippen LogP contribution in [0, 0.1) is 0 Å². The van der Waals surface area contributed by atoms with Gasteiger partial charge in [0, 0.05) is 30.3 Å². The number of anilines is 1. The molecule has 0 atom stereocenters. The van der Waals surface area contributed by atoms with Gasteiger partial charge in [0.25, 0.3) is 11.8 Å². The maximum Gasteiger partial charge on any atom is 0.306 e. The molecule has 2 aromatic carbocycles. The molecule has 11 heteroatoms. The molecule has 0 aliphatic rings. The lowest BCUT2D eigenvalue weighted by Crippen LogP contribution is -2.48. The van der Waals surface area contributed by atoms with Crippen molar-refractivity contribution in [3.63, 3.8) is 0 Å². The monoisotopic (exact) mass is 472 g/mol. The summed E-state index contributed by atoms with van der Waals surface area (Å²) in [5.74, 6) is -1.81. The van der Waals surface area contributed by atoms with Gasteiger partial charge in [-0.2, -0.15) is 0 Å². The summed E-state index contributed by atoms with van der Waals surface area (Å²) in [6.45, 7) is 0.389. The molecule has 0 heterocycles. The fourth-order valence-electron chi connectivity index (χ4n) is 2.43. The number of carbonyl (C=O) groups is 4. The maximum atomic E-state index is 12.2. The van der Waals surface area contributed by atoms with Crippen LogP contribution in [0.4, 0.5) is 5.69 Å². The van der Waals surface area contributed by atoms with Crippen molar-refractivity contribution < 1.29 is 28.7 Å². The summed E-state index contributed by atoms with van der Waals surface area (Å²) in [4.78, 5) is 47.6. The van der Waals surface area contributed by atoms with Crippen LogP contribution in [0.3, 0.4) is 0 Å². The van der Waals surface area contributed by atoms with Gasteiger partial charge in [-0.05, 0) is 48.6 Å².